The van der Waals surface area contributed by atoms with Gasteiger partial charge in [-0.05, 0) is 207 Å². The number of benzene rings is 8. The zero-order valence-electron chi connectivity index (χ0n) is 62.2. The van der Waals surface area contributed by atoms with Crippen LogP contribution in [0.2, 0.25) is 0 Å². The lowest BCUT2D eigenvalue weighted by molar-refractivity contribution is 0.400. The molecule has 0 fully saturated rings. The van der Waals surface area contributed by atoms with Crippen molar-refractivity contribution in [2.24, 2.45) is 0 Å². The minimum Gasteiger partial charge on any atom is -0.340 e. The van der Waals surface area contributed by atoms with E-state index in [2.05, 4.69) is 264 Å². The molecule has 8 aromatic carbocycles. The number of nitrogens with zero attached hydrogens (tertiary/aromatic N) is 2. The quantitative estimate of drug-likeness (QED) is 0.0505. The monoisotopic (exact) mass is 1300 g/mol. The smallest absolute Gasteiger partial charge is 0.0491 e. The van der Waals surface area contributed by atoms with Crippen LogP contribution in [0.1, 0.15) is 252 Å². The molecule has 0 saturated carbocycles. The molecule has 0 radical (unpaired) electrons. The number of aryl methyl sites for hydroxylation is 12. The maximum Gasteiger partial charge on any atom is 0.0491 e. The lowest BCUT2D eigenvalue weighted by Crippen LogP contribution is -2.25. The van der Waals surface area contributed by atoms with Crippen molar-refractivity contribution >= 4 is 54.9 Å². The van der Waals surface area contributed by atoms with Crippen molar-refractivity contribution in [3.05, 3.63) is 234 Å². The first-order valence-corrected chi connectivity index (χ1v) is 38.8. The fourth-order valence-electron chi connectivity index (χ4n) is 15.5. The van der Waals surface area contributed by atoms with Crippen molar-refractivity contribution in [3.8, 4) is 22.3 Å². The summed E-state index contributed by atoms with van der Waals surface area (Å²) in [4.78, 5) is 2.80. The minimum absolute atomic E-state index is 0.240. The predicted octanol–water partition coefficient (Wildman–Crippen LogP) is 28.7. The van der Waals surface area contributed by atoms with Crippen LogP contribution < -0.4 is 0 Å². The average molecular weight is 1300 g/mol. The maximum atomic E-state index is 2.55. The highest BCUT2D eigenvalue weighted by Gasteiger charge is 2.42. The van der Waals surface area contributed by atoms with E-state index in [1.807, 2.05) is 11.3 Å². The molecule has 2 nitrogen and oxygen atoms in total. The van der Waals surface area contributed by atoms with E-state index in [1.165, 1.54) is 279 Å². The Balaban J connectivity index is 0.000000147. The number of fused-ring (bicyclic) bond motifs is 12. The molecule has 11 aromatic rings. The van der Waals surface area contributed by atoms with E-state index in [4.69, 9.17) is 0 Å². The van der Waals surface area contributed by atoms with Gasteiger partial charge in [-0.25, -0.2) is 0 Å². The Morgan fingerprint density at radius 2 is 0.552 bits per heavy atom. The van der Waals surface area contributed by atoms with Gasteiger partial charge in [0.15, 0.2) is 0 Å². The summed E-state index contributed by atoms with van der Waals surface area (Å²) in [5.41, 5.74) is 28.8. The standard InChI is InChI=1S/C27H38.C25H35N.C20H25N.C15H14.C6H8S/c1-5-7-9-11-17-27(18-12-10-8-6-2)25-19-21(3)13-15-23(25)24-16-14-22(4)20-26(24)27;1-4-5-6-7-8-9-10-11-12-17-26-24-15-13-20(2)18-22(24)23-19-21(3)14-16-25(23)26;1-4-5-6-7-12-21-19-10-8-15(2)13-17(19)18-14-16(3)9-11-20(18)21;1-10-3-5-14-12(7-10)9-13-8-11(2)4-6-15(13)14;1-5-3-4-6(2)7-5/h13-16,19-20H,5-12,17-18H2,1-4H3;13-16,18-19H,4-12,17H2,1-3H3;8-11,13-14H,4-7,12H2,1-3H3;3-8H,9H2,1-2H3;3-4H,1-2H3. The van der Waals surface area contributed by atoms with E-state index in [0.29, 0.717) is 0 Å². The van der Waals surface area contributed by atoms with Crippen LogP contribution >= 0.6 is 11.3 Å². The average Bonchev–Trinajstić information content (AvgIpc) is 1.59. The lowest BCUT2D eigenvalue weighted by atomic mass is 9.70. The largest absolute Gasteiger partial charge is 0.340 e. The zero-order valence-corrected chi connectivity index (χ0v) is 63.0. The highest BCUT2D eigenvalue weighted by molar-refractivity contribution is 7.11. The van der Waals surface area contributed by atoms with E-state index in [9.17, 15) is 0 Å². The van der Waals surface area contributed by atoms with Gasteiger partial charge in [-0.2, -0.15) is 0 Å². The second-order valence-corrected chi connectivity index (χ2v) is 30.7. The summed E-state index contributed by atoms with van der Waals surface area (Å²) < 4.78 is 5.06. The van der Waals surface area contributed by atoms with E-state index >= 15 is 0 Å². The van der Waals surface area contributed by atoms with Gasteiger partial charge in [-0.15, -0.1) is 11.3 Å². The third-order valence-electron chi connectivity index (χ3n) is 20.7. The Labute approximate surface area is 586 Å². The van der Waals surface area contributed by atoms with Gasteiger partial charge in [0, 0.05) is 71.9 Å². The van der Waals surface area contributed by atoms with Crippen LogP contribution in [0.25, 0.3) is 65.9 Å². The second-order valence-electron chi connectivity index (χ2n) is 29.2. The topological polar surface area (TPSA) is 9.86 Å². The Morgan fingerprint density at radius 1 is 0.281 bits per heavy atom. The highest BCUT2D eigenvalue weighted by atomic mass is 32.1. The molecule has 0 atom stereocenters. The van der Waals surface area contributed by atoms with E-state index < -0.39 is 0 Å². The first kappa shape index (κ1) is 73.3. The van der Waals surface area contributed by atoms with Gasteiger partial charge >= 0.3 is 0 Å². The Hall–Kier alpha value is -6.94. The number of hydrogen-bond donors (Lipinski definition) is 0. The fourth-order valence-corrected chi connectivity index (χ4v) is 16.3. The molecule has 13 rings (SSSR count). The highest BCUT2D eigenvalue weighted by Crippen LogP contribution is 2.55. The minimum atomic E-state index is 0.240. The predicted molar refractivity (Wildman–Crippen MR) is 427 cm³/mol. The van der Waals surface area contributed by atoms with Crippen LogP contribution in [-0.2, 0) is 24.9 Å². The van der Waals surface area contributed by atoms with Gasteiger partial charge in [-0.1, -0.05) is 291 Å². The van der Waals surface area contributed by atoms with Gasteiger partial charge < -0.3 is 9.13 Å². The van der Waals surface area contributed by atoms with Crippen LogP contribution in [0, 0.1) is 69.2 Å². The van der Waals surface area contributed by atoms with Crippen LogP contribution in [0.4, 0.5) is 0 Å². The Morgan fingerprint density at radius 3 is 0.875 bits per heavy atom. The number of rotatable bonds is 25. The van der Waals surface area contributed by atoms with Crippen LogP contribution in [0.5, 0.6) is 0 Å². The molecule has 0 N–H and O–H groups in total. The molecular weight excluding hydrogens is 1180 g/mol. The van der Waals surface area contributed by atoms with Crippen molar-refractivity contribution in [1.29, 1.82) is 0 Å². The number of hydrogen-bond acceptors (Lipinski definition) is 1. The van der Waals surface area contributed by atoms with Crippen LogP contribution in [0.15, 0.2) is 158 Å². The normalized spacial score (nSPS) is 12.3. The van der Waals surface area contributed by atoms with Gasteiger partial charge in [0.05, 0.1) is 0 Å². The third kappa shape index (κ3) is 18.8. The Kier molecular flexibility index (Phi) is 27.5. The van der Waals surface area contributed by atoms with Crippen LogP contribution in [0.3, 0.4) is 0 Å². The van der Waals surface area contributed by atoms with Crippen molar-refractivity contribution in [2.45, 2.75) is 270 Å². The summed E-state index contributed by atoms with van der Waals surface area (Å²) in [6, 6.07) is 59.7. The molecule has 0 aliphatic heterocycles. The SMILES string of the molecule is CCCCCCC1(CCCCCC)c2cc(C)ccc2-c2ccc(C)cc21.CCCCCCCCCCCn1c2ccc(C)cc2c2cc(C)ccc21.CCCCCCn1c2ccc(C)cc2c2cc(C)ccc21.Cc1ccc(C)s1.Cc1ccc2c(c1)Cc1cc(C)ccc1-2. The van der Waals surface area contributed by atoms with Gasteiger partial charge in [0.2, 0.25) is 0 Å². The molecule has 0 unspecified atom stereocenters. The van der Waals surface area contributed by atoms with Crippen molar-refractivity contribution in [1.82, 2.24) is 9.13 Å². The van der Waals surface area contributed by atoms with Crippen molar-refractivity contribution in [3.63, 3.8) is 0 Å². The molecule has 2 aliphatic carbocycles. The molecule has 508 valence electrons. The lowest BCUT2D eigenvalue weighted by Gasteiger charge is -2.33. The molecule has 0 bridgehead atoms. The molecule has 0 amide bonds. The van der Waals surface area contributed by atoms with Gasteiger partial charge in [0.1, 0.15) is 0 Å². The fraction of sp³-hybridized carbons (Fsp3) is 0.441. The number of thiophene rings is 1. The molecule has 2 aliphatic rings. The first-order chi connectivity index (χ1) is 46.5. The number of aromatic nitrogens is 2. The zero-order chi connectivity index (χ0) is 68.1. The molecule has 3 aromatic heterocycles. The first-order valence-electron chi connectivity index (χ1n) is 38.0. The molecular formula is C93H120N2S. The van der Waals surface area contributed by atoms with E-state index in [1.54, 1.807) is 11.1 Å². The molecule has 96 heavy (non-hydrogen) atoms. The van der Waals surface area contributed by atoms with Gasteiger partial charge in [-0.3, -0.25) is 0 Å². The summed E-state index contributed by atoms with van der Waals surface area (Å²) in [6.45, 7) is 33.3. The Bertz CT molecular complexity index is 4010. The molecule has 0 saturated heterocycles. The summed E-state index contributed by atoms with van der Waals surface area (Å²) in [5.74, 6) is 0. The van der Waals surface area contributed by atoms with E-state index in [0.717, 1.165) is 19.5 Å². The number of unbranched alkanes of at least 4 members (excludes halogenated alkanes) is 17. The summed E-state index contributed by atoms with van der Waals surface area (Å²) in [6.07, 6.45) is 32.3. The molecule has 0 spiro atoms. The summed E-state index contributed by atoms with van der Waals surface area (Å²) in [5, 5.41) is 5.65. The molecule has 3 heterocycles. The maximum absolute atomic E-state index is 2.55. The van der Waals surface area contributed by atoms with Crippen molar-refractivity contribution < 1.29 is 0 Å². The van der Waals surface area contributed by atoms with Crippen LogP contribution in [-0.4, -0.2) is 9.13 Å². The summed E-state index contributed by atoms with van der Waals surface area (Å²) in [7, 11) is 0. The van der Waals surface area contributed by atoms with Crippen molar-refractivity contribution in [2.75, 3.05) is 0 Å². The van der Waals surface area contributed by atoms with Gasteiger partial charge in [0.25, 0.3) is 0 Å². The summed E-state index contributed by atoms with van der Waals surface area (Å²) >= 11 is 1.84. The molecule has 3 heteroatoms. The third-order valence-corrected chi connectivity index (χ3v) is 21.6. The van der Waals surface area contributed by atoms with E-state index in [-0.39, 0.29) is 5.41 Å². The second kappa shape index (κ2) is 36.1.